The molecule has 2 rings (SSSR count). The second-order valence-electron chi connectivity index (χ2n) is 8.65. The molecule has 25 heavy (non-hydrogen) atoms. The van der Waals surface area contributed by atoms with Gasteiger partial charge in [-0.3, -0.25) is 4.79 Å². The Kier molecular flexibility index (Phi) is 5.82. The lowest BCUT2D eigenvalue weighted by Gasteiger charge is -2.36. The topological polar surface area (TPSA) is 35.5 Å². The molecule has 0 N–H and O–H groups in total. The van der Waals surface area contributed by atoms with Crippen LogP contribution in [0.3, 0.4) is 0 Å². The lowest BCUT2D eigenvalue weighted by Crippen LogP contribution is -2.43. The van der Waals surface area contributed by atoms with E-state index in [0.717, 1.165) is 29.9 Å². The van der Waals surface area contributed by atoms with Crippen LogP contribution in [0.15, 0.2) is 30.9 Å². The van der Waals surface area contributed by atoms with Gasteiger partial charge in [0, 0.05) is 12.3 Å². The smallest absolute Gasteiger partial charge is 0.250 e. The third-order valence-electron chi connectivity index (χ3n) is 5.72. The summed E-state index contributed by atoms with van der Waals surface area (Å²) >= 11 is 0. The van der Waals surface area contributed by atoms with Gasteiger partial charge in [0.15, 0.2) is 5.75 Å². The third-order valence-corrected chi connectivity index (χ3v) is 10.1. The Morgan fingerprint density at radius 1 is 1.28 bits per heavy atom. The van der Waals surface area contributed by atoms with Crippen LogP contribution in [0.2, 0.25) is 18.1 Å². The number of hydrogen-bond acceptors (Lipinski definition) is 3. The zero-order valence-electron chi connectivity index (χ0n) is 16.5. The normalized spacial score (nSPS) is 21.3. The van der Waals surface area contributed by atoms with Crippen molar-refractivity contribution >= 4 is 14.1 Å². The van der Waals surface area contributed by atoms with Gasteiger partial charge in [0.25, 0.3) is 8.32 Å². The first-order valence-electron chi connectivity index (χ1n) is 9.08. The summed E-state index contributed by atoms with van der Waals surface area (Å²) in [5.74, 6) is 2.34. The van der Waals surface area contributed by atoms with Crippen molar-refractivity contribution in [3.8, 4) is 11.5 Å². The molecule has 0 heterocycles. The van der Waals surface area contributed by atoms with Gasteiger partial charge in [0.2, 0.25) is 0 Å². The largest absolute Gasteiger partial charge is 0.541 e. The number of carbonyl (C=O) groups excluding carboxylic acids is 1. The van der Waals surface area contributed by atoms with E-state index in [1.165, 1.54) is 0 Å². The van der Waals surface area contributed by atoms with Crippen LogP contribution in [0, 0.1) is 11.8 Å². The number of ketones is 1. The Bertz CT molecular complexity index is 643. The van der Waals surface area contributed by atoms with Crippen molar-refractivity contribution in [1.82, 2.24) is 0 Å². The quantitative estimate of drug-likeness (QED) is 0.503. The molecule has 1 fully saturated rings. The van der Waals surface area contributed by atoms with Gasteiger partial charge in [-0.2, -0.15) is 0 Å². The minimum atomic E-state index is -1.95. The van der Waals surface area contributed by atoms with E-state index >= 15 is 0 Å². The van der Waals surface area contributed by atoms with Crippen LogP contribution in [0.25, 0.3) is 0 Å². The van der Waals surface area contributed by atoms with Crippen LogP contribution in [-0.2, 0) is 11.2 Å². The van der Waals surface area contributed by atoms with Crippen molar-refractivity contribution in [3.05, 3.63) is 36.4 Å². The molecule has 1 aromatic rings. The maximum atomic E-state index is 12.2. The molecule has 2 atom stereocenters. The highest BCUT2D eigenvalue weighted by Crippen LogP contribution is 2.41. The van der Waals surface area contributed by atoms with E-state index in [-0.39, 0.29) is 11.0 Å². The van der Waals surface area contributed by atoms with Gasteiger partial charge in [0.1, 0.15) is 11.5 Å². The van der Waals surface area contributed by atoms with Crippen LogP contribution in [0.4, 0.5) is 0 Å². The lowest BCUT2D eigenvalue weighted by atomic mass is 9.96. The first-order valence-corrected chi connectivity index (χ1v) is 12.0. The molecule has 4 heteroatoms. The molecule has 1 aliphatic carbocycles. The summed E-state index contributed by atoms with van der Waals surface area (Å²) in [5, 5.41) is 0.118. The molecule has 0 aliphatic heterocycles. The van der Waals surface area contributed by atoms with Gasteiger partial charge in [-0.15, -0.1) is 6.58 Å². The molecule has 138 valence electrons. The summed E-state index contributed by atoms with van der Waals surface area (Å²) in [7, 11) is -0.282. The van der Waals surface area contributed by atoms with Crippen LogP contribution in [-0.4, -0.2) is 21.2 Å². The average molecular weight is 361 g/mol. The molecule has 0 unspecified atom stereocenters. The number of hydrogen-bond donors (Lipinski definition) is 0. The fraction of sp³-hybridized carbons (Fsp3) is 0.571. The van der Waals surface area contributed by atoms with E-state index < -0.39 is 8.32 Å². The summed E-state index contributed by atoms with van der Waals surface area (Å²) in [6.45, 7) is 15.0. The molecule has 0 amide bonds. The monoisotopic (exact) mass is 360 g/mol. The fourth-order valence-corrected chi connectivity index (χ4v) is 4.04. The number of methoxy groups -OCH3 is 1. The van der Waals surface area contributed by atoms with Gasteiger partial charge in [-0.25, -0.2) is 0 Å². The van der Waals surface area contributed by atoms with Crippen molar-refractivity contribution in [1.29, 1.82) is 0 Å². The van der Waals surface area contributed by atoms with Gasteiger partial charge in [0.05, 0.1) is 7.11 Å². The Hall–Kier alpha value is -1.55. The van der Waals surface area contributed by atoms with Crippen LogP contribution in [0.5, 0.6) is 11.5 Å². The number of carbonyl (C=O) groups is 1. The van der Waals surface area contributed by atoms with Crippen molar-refractivity contribution in [2.24, 2.45) is 11.8 Å². The first-order chi connectivity index (χ1) is 11.6. The van der Waals surface area contributed by atoms with Gasteiger partial charge in [-0.05, 0) is 54.6 Å². The second kappa shape index (κ2) is 7.36. The second-order valence-corrected chi connectivity index (χ2v) is 13.4. The van der Waals surface area contributed by atoms with E-state index in [1.54, 1.807) is 7.11 Å². The predicted molar refractivity (Wildman–Crippen MR) is 106 cm³/mol. The third kappa shape index (κ3) is 4.54. The Morgan fingerprint density at radius 3 is 2.48 bits per heavy atom. The van der Waals surface area contributed by atoms with E-state index in [1.807, 2.05) is 18.2 Å². The van der Waals surface area contributed by atoms with Gasteiger partial charge < -0.3 is 9.16 Å². The van der Waals surface area contributed by atoms with E-state index in [9.17, 15) is 4.79 Å². The number of Topliss-reactive ketones (excluding diaryl/α,β-unsaturated/α-hetero) is 1. The van der Waals surface area contributed by atoms with Crippen molar-refractivity contribution in [2.45, 2.75) is 58.2 Å². The zero-order chi connectivity index (χ0) is 18.8. The SMILES string of the molecule is C=C[C@H]1CC(=O)[C@H](Cc2ccc(OC)c(O[Si](C)(C)C(C)(C)C)c2)C1. The molecule has 1 aromatic carbocycles. The molecular weight excluding hydrogens is 328 g/mol. The Labute approximate surface area is 153 Å². The minimum absolute atomic E-state index is 0.0946. The lowest BCUT2D eigenvalue weighted by molar-refractivity contribution is -0.120. The molecule has 0 saturated heterocycles. The first kappa shape index (κ1) is 19.8. The molecule has 1 aliphatic rings. The highest BCUT2D eigenvalue weighted by Gasteiger charge is 2.39. The molecule has 3 nitrogen and oxygen atoms in total. The van der Waals surface area contributed by atoms with Crippen molar-refractivity contribution in [2.75, 3.05) is 7.11 Å². The number of ether oxygens (including phenoxy) is 1. The molecule has 0 aromatic heterocycles. The van der Waals surface area contributed by atoms with Crippen LogP contribution >= 0.6 is 0 Å². The van der Waals surface area contributed by atoms with E-state index in [0.29, 0.717) is 18.1 Å². The van der Waals surface area contributed by atoms with Gasteiger partial charge >= 0.3 is 0 Å². The summed E-state index contributed by atoms with van der Waals surface area (Å²) < 4.78 is 12.0. The van der Waals surface area contributed by atoms with E-state index in [4.69, 9.17) is 9.16 Å². The van der Waals surface area contributed by atoms with Crippen LogP contribution in [0.1, 0.15) is 39.2 Å². The standard InChI is InChI=1S/C21H32O3Si/c1-8-15-11-17(18(22)13-15)12-16-9-10-19(23-5)20(14-16)24-25(6,7)21(2,3)4/h8-10,14-15,17H,1,11-13H2,2-7H3/t15-,17+/m1/s1. The summed E-state index contributed by atoms with van der Waals surface area (Å²) in [5.41, 5.74) is 1.14. The van der Waals surface area contributed by atoms with Crippen molar-refractivity contribution < 1.29 is 14.0 Å². The molecular formula is C21H32O3Si. The van der Waals surface area contributed by atoms with E-state index in [2.05, 4.69) is 46.5 Å². The van der Waals surface area contributed by atoms with Crippen LogP contribution < -0.4 is 9.16 Å². The summed E-state index contributed by atoms with van der Waals surface area (Å²) in [4.78, 5) is 12.2. The minimum Gasteiger partial charge on any atom is -0.541 e. The summed E-state index contributed by atoms with van der Waals surface area (Å²) in [6, 6.07) is 6.07. The molecule has 0 radical (unpaired) electrons. The maximum absolute atomic E-state index is 12.2. The predicted octanol–water partition coefficient (Wildman–Crippen LogP) is 5.40. The highest BCUT2D eigenvalue weighted by molar-refractivity contribution is 6.74. The molecule has 0 bridgehead atoms. The van der Waals surface area contributed by atoms with Crippen molar-refractivity contribution in [3.63, 3.8) is 0 Å². The maximum Gasteiger partial charge on any atom is 0.250 e. The van der Waals surface area contributed by atoms with Gasteiger partial charge in [-0.1, -0.05) is 32.9 Å². The number of allylic oxidation sites excluding steroid dienone is 1. The highest BCUT2D eigenvalue weighted by atomic mass is 28.4. The number of rotatable bonds is 6. The average Bonchev–Trinajstić information content (AvgIpc) is 2.86. The molecule has 1 saturated carbocycles. The fourth-order valence-electron chi connectivity index (χ4n) is 3.02. The number of benzene rings is 1. The Balaban J connectivity index is 2.22. The Morgan fingerprint density at radius 2 is 1.96 bits per heavy atom. The zero-order valence-corrected chi connectivity index (χ0v) is 17.5. The molecule has 0 spiro atoms. The summed E-state index contributed by atoms with van der Waals surface area (Å²) in [6.07, 6.45) is 4.23.